The zero-order chi connectivity index (χ0) is 14.9. The number of aryl methyl sites for hydroxylation is 1. The third-order valence-corrected chi connectivity index (χ3v) is 3.99. The number of piperazine rings is 1. The maximum absolute atomic E-state index is 11.6. The second kappa shape index (κ2) is 8.80. The molecule has 0 bridgehead atoms. The molecular formula is C17H27N3O. The van der Waals surface area contributed by atoms with Gasteiger partial charge in [-0.2, -0.15) is 0 Å². The minimum atomic E-state index is 0.148. The molecule has 1 aromatic carbocycles. The Balaban J connectivity index is 1.60. The van der Waals surface area contributed by atoms with Gasteiger partial charge in [-0.15, -0.1) is 0 Å². The summed E-state index contributed by atoms with van der Waals surface area (Å²) < 4.78 is 0. The molecule has 1 fully saturated rings. The summed E-state index contributed by atoms with van der Waals surface area (Å²) in [4.78, 5) is 16.3. The summed E-state index contributed by atoms with van der Waals surface area (Å²) in [5, 5.41) is 2.86. The van der Waals surface area contributed by atoms with Gasteiger partial charge in [0.25, 0.3) is 0 Å². The quantitative estimate of drug-likeness (QED) is 0.823. The lowest BCUT2D eigenvalue weighted by Gasteiger charge is -2.34. The Kier molecular flexibility index (Phi) is 6.70. The van der Waals surface area contributed by atoms with Gasteiger partial charge in [-0.05, 0) is 31.9 Å². The number of rotatable bonds is 7. The van der Waals surface area contributed by atoms with E-state index < -0.39 is 0 Å². The number of benzene rings is 1. The van der Waals surface area contributed by atoms with Crippen molar-refractivity contribution in [1.82, 2.24) is 15.1 Å². The average molecular weight is 289 g/mol. The van der Waals surface area contributed by atoms with Crippen LogP contribution in [0, 0.1) is 0 Å². The molecule has 1 aromatic rings. The van der Waals surface area contributed by atoms with Crippen LogP contribution in [0.15, 0.2) is 30.3 Å². The van der Waals surface area contributed by atoms with Crippen LogP contribution in [0.2, 0.25) is 0 Å². The van der Waals surface area contributed by atoms with Gasteiger partial charge in [0.1, 0.15) is 0 Å². The van der Waals surface area contributed by atoms with E-state index in [1.807, 2.05) is 6.92 Å². The van der Waals surface area contributed by atoms with E-state index in [1.165, 1.54) is 12.0 Å². The van der Waals surface area contributed by atoms with Gasteiger partial charge in [0, 0.05) is 32.7 Å². The lowest BCUT2D eigenvalue weighted by Crippen LogP contribution is -2.49. The van der Waals surface area contributed by atoms with Crippen LogP contribution in [0.1, 0.15) is 18.9 Å². The van der Waals surface area contributed by atoms with Crippen molar-refractivity contribution in [2.24, 2.45) is 0 Å². The molecular weight excluding hydrogens is 262 g/mol. The van der Waals surface area contributed by atoms with Crippen LogP contribution in [-0.2, 0) is 11.2 Å². The number of nitrogens with zero attached hydrogens (tertiary/aromatic N) is 2. The first kappa shape index (κ1) is 16.0. The Morgan fingerprint density at radius 1 is 1.10 bits per heavy atom. The molecule has 1 N–H and O–H groups in total. The first-order valence-corrected chi connectivity index (χ1v) is 8.03. The monoisotopic (exact) mass is 289 g/mol. The number of amides is 1. The highest BCUT2D eigenvalue weighted by atomic mass is 16.2. The summed E-state index contributed by atoms with van der Waals surface area (Å²) in [7, 11) is 0. The summed E-state index contributed by atoms with van der Waals surface area (Å²) in [6, 6.07) is 10.7. The Morgan fingerprint density at radius 2 is 1.76 bits per heavy atom. The van der Waals surface area contributed by atoms with E-state index in [-0.39, 0.29) is 5.91 Å². The minimum Gasteiger partial charge on any atom is -0.355 e. The first-order valence-electron chi connectivity index (χ1n) is 8.03. The molecule has 0 spiro atoms. The van der Waals surface area contributed by atoms with E-state index in [9.17, 15) is 4.79 Å². The van der Waals surface area contributed by atoms with E-state index >= 15 is 0 Å². The van der Waals surface area contributed by atoms with Crippen LogP contribution >= 0.6 is 0 Å². The smallest absolute Gasteiger partial charge is 0.234 e. The van der Waals surface area contributed by atoms with E-state index in [1.54, 1.807) is 0 Å². The largest absolute Gasteiger partial charge is 0.355 e. The SMILES string of the molecule is CCNC(=O)CN1CCN(CCCc2ccccc2)CC1. The zero-order valence-corrected chi connectivity index (χ0v) is 13.1. The number of likely N-dealkylation sites (N-methyl/N-ethyl adjacent to an activating group) is 1. The maximum Gasteiger partial charge on any atom is 0.234 e. The Labute approximate surface area is 128 Å². The molecule has 0 atom stereocenters. The van der Waals surface area contributed by atoms with E-state index in [4.69, 9.17) is 0 Å². The molecule has 2 rings (SSSR count). The van der Waals surface area contributed by atoms with Gasteiger partial charge in [-0.1, -0.05) is 30.3 Å². The van der Waals surface area contributed by atoms with Crippen molar-refractivity contribution in [3.8, 4) is 0 Å². The Morgan fingerprint density at radius 3 is 2.43 bits per heavy atom. The lowest BCUT2D eigenvalue weighted by molar-refractivity contribution is -0.122. The number of carbonyl (C=O) groups excluding carboxylic acids is 1. The molecule has 1 aliphatic rings. The Bertz CT molecular complexity index is 413. The normalized spacial score (nSPS) is 16.8. The molecule has 1 saturated heterocycles. The van der Waals surface area contributed by atoms with Gasteiger partial charge >= 0.3 is 0 Å². The summed E-state index contributed by atoms with van der Waals surface area (Å²) in [5.41, 5.74) is 1.42. The maximum atomic E-state index is 11.6. The number of hydrogen-bond donors (Lipinski definition) is 1. The van der Waals surface area contributed by atoms with E-state index in [2.05, 4.69) is 45.4 Å². The predicted molar refractivity (Wildman–Crippen MR) is 86.3 cm³/mol. The van der Waals surface area contributed by atoms with Crippen molar-refractivity contribution in [3.05, 3.63) is 35.9 Å². The highest BCUT2D eigenvalue weighted by Gasteiger charge is 2.18. The Hall–Kier alpha value is -1.39. The molecule has 0 aliphatic carbocycles. The highest BCUT2D eigenvalue weighted by molar-refractivity contribution is 5.77. The molecule has 21 heavy (non-hydrogen) atoms. The second-order valence-corrected chi connectivity index (χ2v) is 5.66. The van der Waals surface area contributed by atoms with E-state index in [0.29, 0.717) is 6.54 Å². The molecule has 0 radical (unpaired) electrons. The van der Waals surface area contributed by atoms with Crippen molar-refractivity contribution in [1.29, 1.82) is 0 Å². The fourth-order valence-corrected chi connectivity index (χ4v) is 2.78. The van der Waals surface area contributed by atoms with Crippen molar-refractivity contribution in [3.63, 3.8) is 0 Å². The fourth-order valence-electron chi connectivity index (χ4n) is 2.78. The first-order chi connectivity index (χ1) is 10.3. The van der Waals surface area contributed by atoms with Crippen molar-refractivity contribution >= 4 is 5.91 Å². The molecule has 4 heteroatoms. The van der Waals surface area contributed by atoms with Gasteiger partial charge in [-0.25, -0.2) is 0 Å². The number of hydrogen-bond acceptors (Lipinski definition) is 3. The topological polar surface area (TPSA) is 35.6 Å². The summed E-state index contributed by atoms with van der Waals surface area (Å²) in [6.07, 6.45) is 2.36. The van der Waals surface area contributed by atoms with Crippen LogP contribution in [0.3, 0.4) is 0 Å². The third kappa shape index (κ3) is 5.86. The molecule has 0 aromatic heterocycles. The molecule has 1 amide bonds. The fraction of sp³-hybridized carbons (Fsp3) is 0.588. The minimum absolute atomic E-state index is 0.148. The van der Waals surface area contributed by atoms with Gasteiger partial charge in [0.05, 0.1) is 6.54 Å². The van der Waals surface area contributed by atoms with Crippen LogP contribution in [0.5, 0.6) is 0 Å². The average Bonchev–Trinajstić information content (AvgIpc) is 2.50. The predicted octanol–water partition coefficient (Wildman–Crippen LogP) is 1.37. The van der Waals surface area contributed by atoms with Gasteiger partial charge in [0.15, 0.2) is 0 Å². The summed E-state index contributed by atoms with van der Waals surface area (Å²) in [5.74, 6) is 0.148. The van der Waals surface area contributed by atoms with Crippen molar-refractivity contribution < 1.29 is 4.79 Å². The molecule has 1 aliphatic heterocycles. The third-order valence-electron chi connectivity index (χ3n) is 3.99. The van der Waals surface area contributed by atoms with Crippen molar-refractivity contribution in [2.75, 3.05) is 45.8 Å². The van der Waals surface area contributed by atoms with Gasteiger partial charge in [0.2, 0.25) is 5.91 Å². The van der Waals surface area contributed by atoms with Crippen LogP contribution in [-0.4, -0.2) is 61.5 Å². The lowest BCUT2D eigenvalue weighted by atomic mass is 10.1. The molecule has 116 valence electrons. The zero-order valence-electron chi connectivity index (χ0n) is 13.1. The molecule has 0 unspecified atom stereocenters. The standard InChI is InChI=1S/C17H27N3O/c1-2-18-17(21)15-20-13-11-19(12-14-20)10-6-9-16-7-4-3-5-8-16/h3-5,7-8H,2,6,9-15H2,1H3,(H,18,21). The summed E-state index contributed by atoms with van der Waals surface area (Å²) >= 11 is 0. The number of nitrogens with one attached hydrogen (secondary N) is 1. The van der Waals surface area contributed by atoms with Crippen LogP contribution in [0.4, 0.5) is 0 Å². The molecule has 4 nitrogen and oxygen atoms in total. The molecule has 1 heterocycles. The second-order valence-electron chi connectivity index (χ2n) is 5.66. The van der Waals surface area contributed by atoms with Crippen LogP contribution in [0.25, 0.3) is 0 Å². The van der Waals surface area contributed by atoms with Crippen molar-refractivity contribution in [2.45, 2.75) is 19.8 Å². The molecule has 0 saturated carbocycles. The summed E-state index contributed by atoms with van der Waals surface area (Å²) in [6.45, 7) is 8.55. The van der Waals surface area contributed by atoms with E-state index in [0.717, 1.165) is 45.7 Å². The van der Waals surface area contributed by atoms with Crippen LogP contribution < -0.4 is 5.32 Å². The van der Waals surface area contributed by atoms with Gasteiger partial charge in [-0.3, -0.25) is 9.69 Å². The van der Waals surface area contributed by atoms with Gasteiger partial charge < -0.3 is 10.2 Å². The number of carbonyl (C=O) groups is 1. The highest BCUT2D eigenvalue weighted by Crippen LogP contribution is 2.06.